The summed E-state index contributed by atoms with van der Waals surface area (Å²) in [6.07, 6.45) is 6.31. The molecular weight excluding hydrogens is 436 g/mol. The van der Waals surface area contributed by atoms with Crippen LogP contribution in [0.15, 0.2) is 54.9 Å². The predicted molar refractivity (Wildman–Crippen MR) is 139 cm³/mol. The van der Waals surface area contributed by atoms with E-state index in [0.717, 1.165) is 17.1 Å². The van der Waals surface area contributed by atoms with Gasteiger partial charge in [-0.25, -0.2) is 4.98 Å². The van der Waals surface area contributed by atoms with Crippen molar-refractivity contribution < 1.29 is 14.3 Å². The third kappa shape index (κ3) is 5.44. The second-order valence-electron chi connectivity index (χ2n) is 11.0. The molecule has 35 heavy (non-hydrogen) atoms. The maximum atomic E-state index is 12.3. The van der Waals surface area contributed by atoms with Gasteiger partial charge in [0.1, 0.15) is 18.2 Å². The van der Waals surface area contributed by atoms with Crippen molar-refractivity contribution in [3.8, 4) is 5.75 Å². The van der Waals surface area contributed by atoms with E-state index in [-0.39, 0.29) is 29.1 Å². The monoisotopic (exact) mass is 474 g/mol. The standard InChI is InChI=1S/C30H38N2O3/c1-7-34-27(33)19-24(28-31-16-17-32(28)6)22-9-11-23(12-10-22)35-20-21-8-13-25-26(18-21)30(4,5)15-14-29(25,2)3/h8-13,16-18,24H,7,14-15,19-20H2,1-6H3/t24-/m0/s1. The summed E-state index contributed by atoms with van der Waals surface area (Å²) in [6.45, 7) is 12.1. The number of aromatic nitrogens is 2. The number of carbonyl (C=O) groups excluding carboxylic acids is 1. The molecule has 2 aromatic carbocycles. The van der Waals surface area contributed by atoms with Crippen molar-refractivity contribution in [1.29, 1.82) is 0 Å². The number of fused-ring (bicyclic) bond motifs is 1. The van der Waals surface area contributed by atoms with E-state index in [1.807, 2.05) is 49.0 Å². The summed E-state index contributed by atoms with van der Waals surface area (Å²) in [5.74, 6) is 1.25. The van der Waals surface area contributed by atoms with Crippen LogP contribution in [-0.4, -0.2) is 22.1 Å². The Morgan fingerprint density at radius 2 is 1.71 bits per heavy atom. The Morgan fingerprint density at radius 1 is 1.03 bits per heavy atom. The summed E-state index contributed by atoms with van der Waals surface area (Å²) in [7, 11) is 1.94. The fourth-order valence-electron chi connectivity index (χ4n) is 5.15. The van der Waals surface area contributed by atoms with Crippen molar-refractivity contribution in [2.45, 2.75) is 77.2 Å². The normalized spacial score (nSPS) is 16.9. The number of ether oxygens (including phenoxy) is 2. The predicted octanol–water partition coefficient (Wildman–Crippen LogP) is 6.43. The smallest absolute Gasteiger partial charge is 0.306 e. The molecule has 0 radical (unpaired) electrons. The fraction of sp³-hybridized carbons (Fsp3) is 0.467. The van der Waals surface area contributed by atoms with Crippen LogP contribution < -0.4 is 4.74 Å². The first-order valence-corrected chi connectivity index (χ1v) is 12.6. The topological polar surface area (TPSA) is 53.4 Å². The van der Waals surface area contributed by atoms with Gasteiger partial charge < -0.3 is 14.0 Å². The molecule has 0 fully saturated rings. The number of carbonyl (C=O) groups is 1. The molecule has 1 aliphatic carbocycles. The Hall–Kier alpha value is -3.08. The molecule has 0 N–H and O–H groups in total. The summed E-state index contributed by atoms with van der Waals surface area (Å²) in [5, 5.41) is 0. The lowest BCUT2D eigenvalue weighted by Crippen LogP contribution is -2.33. The number of hydrogen-bond donors (Lipinski definition) is 0. The van der Waals surface area contributed by atoms with Crippen LogP contribution in [0.4, 0.5) is 0 Å². The highest BCUT2D eigenvalue weighted by Crippen LogP contribution is 2.46. The highest BCUT2D eigenvalue weighted by atomic mass is 16.5. The largest absolute Gasteiger partial charge is 0.489 e. The SMILES string of the molecule is CCOC(=O)C[C@@H](c1ccc(OCc2ccc3c(c2)C(C)(C)CCC3(C)C)cc1)c1nccn1C. The molecule has 0 amide bonds. The van der Waals surface area contributed by atoms with Crippen molar-refractivity contribution in [3.05, 3.63) is 82.9 Å². The minimum Gasteiger partial charge on any atom is -0.489 e. The van der Waals surface area contributed by atoms with Gasteiger partial charge in [0.25, 0.3) is 0 Å². The van der Waals surface area contributed by atoms with E-state index in [1.54, 1.807) is 6.20 Å². The van der Waals surface area contributed by atoms with E-state index in [1.165, 1.54) is 29.5 Å². The summed E-state index contributed by atoms with van der Waals surface area (Å²) < 4.78 is 13.3. The molecule has 0 aliphatic heterocycles. The minimum absolute atomic E-state index is 0.172. The maximum absolute atomic E-state index is 12.3. The van der Waals surface area contributed by atoms with Crippen molar-refractivity contribution in [3.63, 3.8) is 0 Å². The molecule has 3 aromatic rings. The van der Waals surface area contributed by atoms with Gasteiger partial charge in [0, 0.05) is 19.4 Å². The van der Waals surface area contributed by atoms with Gasteiger partial charge in [-0.1, -0.05) is 58.0 Å². The molecule has 0 bridgehead atoms. The van der Waals surface area contributed by atoms with Crippen LogP contribution in [0.2, 0.25) is 0 Å². The van der Waals surface area contributed by atoms with E-state index < -0.39 is 0 Å². The molecule has 186 valence electrons. The Morgan fingerprint density at radius 3 is 2.34 bits per heavy atom. The Bertz CT molecular complexity index is 1170. The van der Waals surface area contributed by atoms with E-state index in [4.69, 9.17) is 9.47 Å². The lowest BCUT2D eigenvalue weighted by Gasteiger charge is -2.42. The van der Waals surface area contributed by atoms with Crippen molar-refractivity contribution in [2.24, 2.45) is 7.05 Å². The number of imidazole rings is 1. The van der Waals surface area contributed by atoms with Gasteiger partial charge in [-0.2, -0.15) is 0 Å². The molecule has 1 aromatic heterocycles. The van der Waals surface area contributed by atoms with Gasteiger partial charge in [-0.05, 0) is 65.0 Å². The molecule has 0 saturated heterocycles. The Balaban J connectivity index is 1.49. The molecule has 1 heterocycles. The van der Waals surface area contributed by atoms with Crippen molar-refractivity contribution in [1.82, 2.24) is 9.55 Å². The Kier molecular flexibility index (Phi) is 7.07. The first kappa shape index (κ1) is 25.0. The Labute approximate surface area is 209 Å². The van der Waals surface area contributed by atoms with Gasteiger partial charge in [-0.3, -0.25) is 4.79 Å². The second kappa shape index (κ2) is 9.88. The molecule has 0 unspecified atom stereocenters. The number of hydrogen-bond acceptors (Lipinski definition) is 4. The van der Waals surface area contributed by atoms with E-state index >= 15 is 0 Å². The molecular formula is C30H38N2O3. The lowest BCUT2D eigenvalue weighted by molar-refractivity contribution is -0.143. The number of esters is 1. The summed E-state index contributed by atoms with van der Waals surface area (Å²) in [4.78, 5) is 16.7. The number of rotatable bonds is 8. The van der Waals surface area contributed by atoms with Gasteiger partial charge in [0.05, 0.1) is 18.9 Å². The second-order valence-corrected chi connectivity index (χ2v) is 11.0. The van der Waals surface area contributed by atoms with Crippen molar-refractivity contribution >= 4 is 5.97 Å². The summed E-state index contributed by atoms with van der Waals surface area (Å²) in [5.41, 5.74) is 5.50. The minimum atomic E-state index is -0.223. The highest BCUT2D eigenvalue weighted by molar-refractivity contribution is 5.71. The molecule has 1 atom stereocenters. The van der Waals surface area contributed by atoms with Gasteiger partial charge in [0.2, 0.25) is 0 Å². The first-order chi connectivity index (χ1) is 16.6. The molecule has 0 spiro atoms. The van der Waals surface area contributed by atoms with Crippen LogP contribution in [0.25, 0.3) is 0 Å². The quantitative estimate of drug-likeness (QED) is 0.353. The van der Waals surface area contributed by atoms with Crippen molar-refractivity contribution in [2.75, 3.05) is 6.61 Å². The molecule has 5 heteroatoms. The first-order valence-electron chi connectivity index (χ1n) is 12.6. The van der Waals surface area contributed by atoms with Crippen LogP contribution in [-0.2, 0) is 34.0 Å². The third-order valence-corrected chi connectivity index (χ3v) is 7.45. The maximum Gasteiger partial charge on any atom is 0.306 e. The highest BCUT2D eigenvalue weighted by Gasteiger charge is 2.36. The van der Waals surface area contributed by atoms with E-state index in [0.29, 0.717) is 13.2 Å². The molecule has 0 saturated carbocycles. The summed E-state index contributed by atoms with van der Waals surface area (Å²) >= 11 is 0. The van der Waals surface area contributed by atoms with Crippen LogP contribution in [0, 0.1) is 0 Å². The van der Waals surface area contributed by atoms with Crippen LogP contribution in [0.1, 0.15) is 87.9 Å². The van der Waals surface area contributed by atoms with E-state index in [9.17, 15) is 4.79 Å². The molecule has 4 rings (SSSR count). The van der Waals surface area contributed by atoms with Gasteiger partial charge in [-0.15, -0.1) is 0 Å². The number of aryl methyl sites for hydroxylation is 1. The van der Waals surface area contributed by atoms with Crippen LogP contribution in [0.5, 0.6) is 5.75 Å². The number of benzene rings is 2. The zero-order valence-electron chi connectivity index (χ0n) is 21.9. The van der Waals surface area contributed by atoms with Gasteiger partial charge >= 0.3 is 5.97 Å². The third-order valence-electron chi connectivity index (χ3n) is 7.45. The average Bonchev–Trinajstić information content (AvgIpc) is 3.25. The molecule has 5 nitrogen and oxygen atoms in total. The zero-order chi connectivity index (χ0) is 25.2. The van der Waals surface area contributed by atoms with Gasteiger partial charge in [0.15, 0.2) is 0 Å². The van der Waals surface area contributed by atoms with E-state index in [2.05, 4.69) is 50.9 Å². The van der Waals surface area contributed by atoms with Crippen LogP contribution in [0.3, 0.4) is 0 Å². The zero-order valence-corrected chi connectivity index (χ0v) is 21.9. The number of nitrogens with zero attached hydrogens (tertiary/aromatic N) is 2. The van der Waals surface area contributed by atoms with Crippen LogP contribution >= 0.6 is 0 Å². The summed E-state index contributed by atoms with van der Waals surface area (Å²) in [6, 6.07) is 14.8. The molecule has 1 aliphatic rings. The fourth-order valence-corrected chi connectivity index (χ4v) is 5.15. The lowest BCUT2D eigenvalue weighted by atomic mass is 9.63. The average molecular weight is 475 g/mol.